The van der Waals surface area contributed by atoms with Gasteiger partial charge in [-0.1, -0.05) is 6.92 Å². The summed E-state index contributed by atoms with van der Waals surface area (Å²) in [5, 5.41) is -0.481. The molecule has 0 aliphatic carbocycles. The molecule has 1 amide bonds. The second-order valence-electron chi connectivity index (χ2n) is 3.40. The fraction of sp³-hybridized carbons (Fsp3) is 0.889. The number of hydrogen-bond donors (Lipinski definition) is 0. The minimum absolute atomic E-state index is 0.119. The van der Waals surface area contributed by atoms with Crippen molar-refractivity contribution in [2.45, 2.75) is 37.7 Å². The molecule has 1 heterocycles. The molecule has 4 heteroatoms. The van der Waals surface area contributed by atoms with Gasteiger partial charge in [0.25, 0.3) is 0 Å². The second kappa shape index (κ2) is 4.80. The number of carbonyl (C=O) groups is 1. The van der Waals surface area contributed by atoms with Gasteiger partial charge in [-0.2, -0.15) is 0 Å². The van der Waals surface area contributed by atoms with Gasteiger partial charge in [0.15, 0.2) is 0 Å². The van der Waals surface area contributed by atoms with E-state index in [0.717, 1.165) is 6.42 Å². The first kappa shape index (κ1) is 10.8. The lowest BCUT2D eigenvalue weighted by Gasteiger charge is -2.30. The summed E-state index contributed by atoms with van der Waals surface area (Å²) in [6, 6.07) is 0. The lowest BCUT2D eigenvalue weighted by Crippen LogP contribution is -2.44. The average molecular weight is 208 g/mol. The molecule has 1 fully saturated rings. The van der Waals surface area contributed by atoms with Gasteiger partial charge in [0.05, 0.1) is 6.54 Å². The van der Waals surface area contributed by atoms with Crippen molar-refractivity contribution in [3.8, 4) is 0 Å². The van der Waals surface area contributed by atoms with E-state index in [4.69, 9.17) is 11.6 Å². The molecule has 1 saturated heterocycles. The summed E-state index contributed by atoms with van der Waals surface area (Å²) in [6.07, 6.45) is 1.06. The van der Waals surface area contributed by atoms with Gasteiger partial charge < -0.3 is 4.90 Å². The van der Waals surface area contributed by atoms with Gasteiger partial charge in [0, 0.05) is 6.54 Å². The summed E-state index contributed by atoms with van der Waals surface area (Å²) < 4.78 is 12.9. The van der Waals surface area contributed by atoms with Crippen LogP contribution in [-0.2, 0) is 4.79 Å². The van der Waals surface area contributed by atoms with E-state index in [2.05, 4.69) is 0 Å². The topological polar surface area (TPSA) is 20.3 Å². The second-order valence-corrected chi connectivity index (χ2v) is 3.93. The number of alkyl halides is 2. The van der Waals surface area contributed by atoms with Gasteiger partial charge >= 0.3 is 0 Å². The first-order chi connectivity index (χ1) is 6.15. The number of halogens is 2. The first-order valence-corrected chi connectivity index (χ1v) is 5.15. The number of rotatable bonds is 2. The van der Waals surface area contributed by atoms with Crippen LogP contribution < -0.4 is 0 Å². The third-order valence-electron chi connectivity index (χ3n) is 2.30. The molecule has 2 nitrogen and oxygen atoms in total. The van der Waals surface area contributed by atoms with Gasteiger partial charge in [0.2, 0.25) is 5.91 Å². The molecule has 1 aliphatic heterocycles. The maximum absolute atomic E-state index is 12.9. The fourth-order valence-corrected chi connectivity index (χ4v) is 1.64. The molecule has 76 valence electrons. The minimum atomic E-state index is -0.863. The molecular formula is C9H15ClFNO. The highest BCUT2D eigenvalue weighted by Crippen LogP contribution is 2.16. The zero-order valence-electron chi connectivity index (χ0n) is 7.80. The van der Waals surface area contributed by atoms with Crippen molar-refractivity contribution < 1.29 is 9.18 Å². The van der Waals surface area contributed by atoms with Crippen LogP contribution in [0.3, 0.4) is 0 Å². The minimum Gasteiger partial charge on any atom is -0.339 e. The molecule has 0 bridgehead atoms. The number of amides is 1. The van der Waals surface area contributed by atoms with Crippen LogP contribution in [0.5, 0.6) is 0 Å². The Balaban J connectivity index is 2.46. The van der Waals surface area contributed by atoms with Crippen molar-refractivity contribution in [3.05, 3.63) is 0 Å². The van der Waals surface area contributed by atoms with E-state index < -0.39 is 11.5 Å². The molecule has 13 heavy (non-hydrogen) atoms. The number of nitrogens with zero attached hydrogens (tertiary/aromatic N) is 1. The predicted molar refractivity (Wildman–Crippen MR) is 50.6 cm³/mol. The lowest BCUT2D eigenvalue weighted by atomic mass is 10.1. The van der Waals surface area contributed by atoms with Gasteiger partial charge in [-0.05, 0) is 19.3 Å². The maximum Gasteiger partial charge on any atom is 0.240 e. The Labute approximate surface area is 83.0 Å². The lowest BCUT2D eigenvalue weighted by molar-refractivity contribution is -0.132. The van der Waals surface area contributed by atoms with Gasteiger partial charge in [-0.3, -0.25) is 4.79 Å². The third-order valence-corrected chi connectivity index (χ3v) is 2.80. The van der Waals surface area contributed by atoms with Crippen molar-refractivity contribution >= 4 is 17.5 Å². The molecule has 0 spiro atoms. The highest BCUT2D eigenvalue weighted by Gasteiger charge is 2.26. The zero-order valence-corrected chi connectivity index (χ0v) is 8.56. The summed E-state index contributed by atoms with van der Waals surface area (Å²) in [5.74, 6) is -0.119. The van der Waals surface area contributed by atoms with Crippen LogP contribution in [0.15, 0.2) is 0 Å². The van der Waals surface area contributed by atoms with Crippen LogP contribution in [0.2, 0.25) is 0 Å². The van der Waals surface area contributed by atoms with E-state index in [9.17, 15) is 9.18 Å². The molecule has 0 aromatic heterocycles. The molecule has 0 N–H and O–H groups in total. The van der Waals surface area contributed by atoms with Crippen LogP contribution in [0.25, 0.3) is 0 Å². The molecule has 0 aromatic rings. The molecule has 2 atom stereocenters. The van der Waals surface area contributed by atoms with Gasteiger partial charge in [-0.25, -0.2) is 4.39 Å². The molecule has 0 unspecified atom stereocenters. The van der Waals surface area contributed by atoms with Crippen molar-refractivity contribution in [1.82, 2.24) is 4.90 Å². The SMILES string of the molecule is CC[C@@H](Cl)C(=O)N1CCC[C@H](F)C1. The van der Waals surface area contributed by atoms with Crippen LogP contribution in [0.1, 0.15) is 26.2 Å². The summed E-state index contributed by atoms with van der Waals surface area (Å²) in [5.41, 5.74) is 0. The largest absolute Gasteiger partial charge is 0.339 e. The number of carbonyl (C=O) groups excluding carboxylic acids is 1. The molecule has 1 rings (SSSR count). The zero-order chi connectivity index (χ0) is 9.84. The van der Waals surface area contributed by atoms with E-state index in [1.165, 1.54) is 4.90 Å². The summed E-state index contributed by atoms with van der Waals surface area (Å²) in [4.78, 5) is 13.0. The third kappa shape index (κ3) is 2.83. The van der Waals surface area contributed by atoms with Gasteiger partial charge in [-0.15, -0.1) is 11.6 Å². The highest BCUT2D eigenvalue weighted by molar-refractivity contribution is 6.30. The fourth-order valence-electron chi connectivity index (χ4n) is 1.50. The van der Waals surface area contributed by atoms with E-state index in [0.29, 0.717) is 19.4 Å². The predicted octanol–water partition coefficient (Wildman–Crippen LogP) is 1.96. The van der Waals surface area contributed by atoms with Crippen molar-refractivity contribution in [2.75, 3.05) is 13.1 Å². The Kier molecular flexibility index (Phi) is 3.97. The Bertz CT molecular complexity index is 188. The van der Waals surface area contributed by atoms with E-state index in [1.54, 1.807) is 0 Å². The van der Waals surface area contributed by atoms with Crippen molar-refractivity contribution in [3.63, 3.8) is 0 Å². The van der Waals surface area contributed by atoms with E-state index in [-0.39, 0.29) is 12.5 Å². The van der Waals surface area contributed by atoms with Crippen LogP contribution in [0.4, 0.5) is 4.39 Å². The normalized spacial score (nSPS) is 25.8. The highest BCUT2D eigenvalue weighted by atomic mass is 35.5. The Morgan fingerprint density at radius 2 is 2.46 bits per heavy atom. The smallest absolute Gasteiger partial charge is 0.240 e. The molecule has 1 aliphatic rings. The average Bonchev–Trinajstić information content (AvgIpc) is 2.15. The maximum atomic E-state index is 12.9. The Morgan fingerprint density at radius 1 is 1.77 bits per heavy atom. The van der Waals surface area contributed by atoms with Crippen LogP contribution in [0, 0.1) is 0 Å². The first-order valence-electron chi connectivity index (χ1n) is 4.72. The molecule has 0 saturated carbocycles. The van der Waals surface area contributed by atoms with E-state index >= 15 is 0 Å². The van der Waals surface area contributed by atoms with E-state index in [1.807, 2.05) is 6.92 Å². The summed E-state index contributed by atoms with van der Waals surface area (Å²) >= 11 is 5.78. The van der Waals surface area contributed by atoms with Crippen LogP contribution in [-0.4, -0.2) is 35.4 Å². The number of piperidine rings is 1. The monoisotopic (exact) mass is 207 g/mol. The Hall–Kier alpha value is -0.310. The quantitative estimate of drug-likeness (QED) is 0.634. The number of likely N-dealkylation sites (tertiary alicyclic amines) is 1. The molecular weight excluding hydrogens is 193 g/mol. The van der Waals surface area contributed by atoms with Gasteiger partial charge in [0.1, 0.15) is 11.5 Å². The summed E-state index contributed by atoms with van der Waals surface area (Å²) in [7, 11) is 0. The van der Waals surface area contributed by atoms with Crippen LogP contribution >= 0.6 is 11.6 Å². The van der Waals surface area contributed by atoms with Crippen molar-refractivity contribution in [1.29, 1.82) is 0 Å². The summed E-state index contributed by atoms with van der Waals surface area (Å²) in [6.45, 7) is 2.73. The molecule has 0 aromatic carbocycles. The van der Waals surface area contributed by atoms with Crippen molar-refractivity contribution in [2.24, 2.45) is 0 Å². The Morgan fingerprint density at radius 3 is 3.00 bits per heavy atom. The number of hydrogen-bond acceptors (Lipinski definition) is 1. The molecule has 0 radical (unpaired) electrons. The standard InChI is InChI=1S/C9H15ClFNO/c1-2-8(10)9(13)12-5-3-4-7(11)6-12/h7-8H,2-6H2,1H3/t7-,8+/m0/s1.